The summed E-state index contributed by atoms with van der Waals surface area (Å²) in [6, 6.07) is 15.9. The number of aryl methyl sites for hydroxylation is 2. The van der Waals surface area contributed by atoms with E-state index in [-0.39, 0.29) is 5.91 Å². The van der Waals surface area contributed by atoms with Crippen LogP contribution in [0.5, 0.6) is 0 Å². The van der Waals surface area contributed by atoms with Gasteiger partial charge < -0.3 is 4.90 Å². The quantitative estimate of drug-likeness (QED) is 0.732. The standard InChI is InChI=1S/C19H22ClNO/c1-3-21(18-8-4-6-15(2)14-18)19(22)9-5-7-16-10-12-17(20)13-11-16/h4,6,8,10-14H,3,5,7,9H2,1-2H3. The van der Waals surface area contributed by atoms with Gasteiger partial charge in [-0.3, -0.25) is 4.79 Å². The molecule has 2 aromatic rings. The van der Waals surface area contributed by atoms with Crippen molar-refractivity contribution in [2.24, 2.45) is 0 Å². The van der Waals surface area contributed by atoms with E-state index in [1.54, 1.807) is 0 Å². The van der Waals surface area contributed by atoms with Crippen molar-refractivity contribution in [3.63, 3.8) is 0 Å². The van der Waals surface area contributed by atoms with Crippen molar-refractivity contribution < 1.29 is 4.79 Å². The van der Waals surface area contributed by atoms with Crippen molar-refractivity contribution in [2.75, 3.05) is 11.4 Å². The SMILES string of the molecule is CCN(C(=O)CCCc1ccc(Cl)cc1)c1cccc(C)c1. The maximum absolute atomic E-state index is 12.4. The van der Waals surface area contributed by atoms with Gasteiger partial charge in [0.05, 0.1) is 0 Å². The maximum atomic E-state index is 12.4. The number of carbonyl (C=O) groups is 1. The molecule has 2 aromatic carbocycles. The van der Waals surface area contributed by atoms with E-state index in [1.165, 1.54) is 11.1 Å². The molecule has 3 heteroatoms. The molecule has 0 saturated heterocycles. The van der Waals surface area contributed by atoms with Crippen LogP contribution >= 0.6 is 11.6 Å². The van der Waals surface area contributed by atoms with Crippen LogP contribution < -0.4 is 4.90 Å². The highest BCUT2D eigenvalue weighted by molar-refractivity contribution is 6.30. The Balaban J connectivity index is 1.91. The molecular weight excluding hydrogens is 294 g/mol. The summed E-state index contributed by atoms with van der Waals surface area (Å²) in [5.41, 5.74) is 3.37. The fourth-order valence-corrected chi connectivity index (χ4v) is 2.65. The van der Waals surface area contributed by atoms with Crippen molar-refractivity contribution in [2.45, 2.75) is 33.1 Å². The third kappa shape index (κ3) is 4.60. The Morgan fingerprint density at radius 3 is 2.50 bits per heavy atom. The van der Waals surface area contributed by atoms with Gasteiger partial charge in [0.2, 0.25) is 5.91 Å². The molecule has 1 amide bonds. The summed E-state index contributed by atoms with van der Waals surface area (Å²) in [6.45, 7) is 4.75. The minimum atomic E-state index is 0.182. The average Bonchev–Trinajstić information content (AvgIpc) is 2.50. The molecule has 0 radical (unpaired) electrons. The zero-order valence-corrected chi connectivity index (χ0v) is 13.9. The molecule has 0 heterocycles. The normalized spacial score (nSPS) is 10.5. The summed E-state index contributed by atoms with van der Waals surface area (Å²) in [6.07, 6.45) is 2.31. The van der Waals surface area contributed by atoms with Crippen LogP contribution in [-0.2, 0) is 11.2 Å². The second kappa shape index (κ2) is 8.00. The highest BCUT2D eigenvalue weighted by Gasteiger charge is 2.13. The van der Waals surface area contributed by atoms with Gasteiger partial charge in [0, 0.05) is 23.7 Å². The van der Waals surface area contributed by atoms with Crippen LogP contribution in [0.3, 0.4) is 0 Å². The number of hydrogen-bond donors (Lipinski definition) is 0. The smallest absolute Gasteiger partial charge is 0.226 e. The molecule has 0 saturated carbocycles. The molecule has 0 atom stereocenters. The lowest BCUT2D eigenvalue weighted by molar-refractivity contribution is -0.118. The lowest BCUT2D eigenvalue weighted by Gasteiger charge is -2.21. The Kier molecular flexibility index (Phi) is 6.02. The van der Waals surface area contributed by atoms with Crippen LogP contribution in [0.4, 0.5) is 5.69 Å². The molecule has 0 N–H and O–H groups in total. The number of anilines is 1. The van der Waals surface area contributed by atoms with Crippen LogP contribution in [0.15, 0.2) is 48.5 Å². The van der Waals surface area contributed by atoms with E-state index in [4.69, 9.17) is 11.6 Å². The minimum absolute atomic E-state index is 0.182. The van der Waals surface area contributed by atoms with Gasteiger partial charge in [0.25, 0.3) is 0 Å². The van der Waals surface area contributed by atoms with Crippen molar-refractivity contribution in [1.82, 2.24) is 0 Å². The van der Waals surface area contributed by atoms with Crippen LogP contribution in [0, 0.1) is 6.92 Å². The Morgan fingerprint density at radius 2 is 1.86 bits per heavy atom. The fourth-order valence-electron chi connectivity index (χ4n) is 2.53. The molecule has 0 aromatic heterocycles. The molecular formula is C19H22ClNO. The van der Waals surface area contributed by atoms with Gasteiger partial charge in [0.15, 0.2) is 0 Å². The van der Waals surface area contributed by atoms with E-state index in [9.17, 15) is 4.79 Å². The second-order valence-corrected chi connectivity index (χ2v) is 5.89. The number of benzene rings is 2. The van der Waals surface area contributed by atoms with Gasteiger partial charge in [-0.05, 0) is 62.1 Å². The molecule has 22 heavy (non-hydrogen) atoms. The lowest BCUT2D eigenvalue weighted by Crippen LogP contribution is -2.30. The number of amides is 1. The summed E-state index contributed by atoms with van der Waals surface area (Å²) < 4.78 is 0. The molecule has 2 rings (SSSR count). The molecule has 0 unspecified atom stereocenters. The first-order valence-electron chi connectivity index (χ1n) is 7.71. The molecule has 0 aliphatic rings. The van der Waals surface area contributed by atoms with Crippen LogP contribution in [0.1, 0.15) is 30.9 Å². The number of nitrogens with zero attached hydrogens (tertiary/aromatic N) is 1. The number of carbonyl (C=O) groups excluding carboxylic acids is 1. The van der Waals surface area contributed by atoms with E-state index < -0.39 is 0 Å². The van der Waals surface area contributed by atoms with E-state index >= 15 is 0 Å². The summed E-state index contributed by atoms with van der Waals surface area (Å²) in [7, 11) is 0. The van der Waals surface area contributed by atoms with Gasteiger partial charge in [0.1, 0.15) is 0 Å². The summed E-state index contributed by atoms with van der Waals surface area (Å²) in [5.74, 6) is 0.182. The Bertz CT molecular complexity index is 622. The summed E-state index contributed by atoms with van der Waals surface area (Å²) in [4.78, 5) is 14.3. The van der Waals surface area contributed by atoms with Crippen molar-refractivity contribution in [3.05, 3.63) is 64.7 Å². The van der Waals surface area contributed by atoms with Crippen molar-refractivity contribution in [1.29, 1.82) is 0 Å². The molecule has 0 fully saturated rings. The average molecular weight is 316 g/mol. The fraction of sp³-hybridized carbons (Fsp3) is 0.316. The van der Waals surface area contributed by atoms with Gasteiger partial charge >= 0.3 is 0 Å². The van der Waals surface area contributed by atoms with E-state index in [0.29, 0.717) is 13.0 Å². The van der Waals surface area contributed by atoms with E-state index in [0.717, 1.165) is 23.6 Å². The predicted octanol–water partition coefficient (Wildman–Crippen LogP) is 5.02. The zero-order valence-electron chi connectivity index (χ0n) is 13.2. The molecule has 0 bridgehead atoms. The van der Waals surface area contributed by atoms with Crippen LogP contribution in [0.2, 0.25) is 5.02 Å². The number of halogens is 1. The van der Waals surface area contributed by atoms with Gasteiger partial charge in [-0.15, -0.1) is 0 Å². The predicted molar refractivity (Wildman–Crippen MR) is 93.6 cm³/mol. The maximum Gasteiger partial charge on any atom is 0.226 e. The van der Waals surface area contributed by atoms with E-state index in [2.05, 4.69) is 6.07 Å². The topological polar surface area (TPSA) is 20.3 Å². The third-order valence-electron chi connectivity index (χ3n) is 3.70. The second-order valence-electron chi connectivity index (χ2n) is 5.46. The summed E-state index contributed by atoms with van der Waals surface area (Å²) >= 11 is 5.88. The van der Waals surface area contributed by atoms with Gasteiger partial charge in [-0.25, -0.2) is 0 Å². The lowest BCUT2D eigenvalue weighted by atomic mass is 10.1. The molecule has 0 aliphatic heterocycles. The van der Waals surface area contributed by atoms with Crippen molar-refractivity contribution in [3.8, 4) is 0 Å². The molecule has 0 aliphatic carbocycles. The van der Waals surface area contributed by atoms with Crippen LogP contribution in [-0.4, -0.2) is 12.5 Å². The Hall–Kier alpha value is -1.80. The molecule has 2 nitrogen and oxygen atoms in total. The van der Waals surface area contributed by atoms with Crippen LogP contribution in [0.25, 0.3) is 0 Å². The van der Waals surface area contributed by atoms with Gasteiger partial charge in [-0.1, -0.05) is 35.9 Å². The number of rotatable bonds is 6. The summed E-state index contributed by atoms with van der Waals surface area (Å²) in [5, 5.41) is 0.747. The van der Waals surface area contributed by atoms with E-state index in [1.807, 2.05) is 61.2 Å². The Morgan fingerprint density at radius 1 is 1.14 bits per heavy atom. The minimum Gasteiger partial charge on any atom is -0.313 e. The van der Waals surface area contributed by atoms with Gasteiger partial charge in [-0.2, -0.15) is 0 Å². The first kappa shape index (κ1) is 16.6. The molecule has 0 spiro atoms. The Labute approximate surface area is 137 Å². The third-order valence-corrected chi connectivity index (χ3v) is 3.95. The zero-order chi connectivity index (χ0) is 15.9. The highest BCUT2D eigenvalue weighted by Crippen LogP contribution is 2.18. The monoisotopic (exact) mass is 315 g/mol. The number of hydrogen-bond acceptors (Lipinski definition) is 1. The highest BCUT2D eigenvalue weighted by atomic mass is 35.5. The first-order valence-corrected chi connectivity index (χ1v) is 8.09. The van der Waals surface area contributed by atoms with Crippen molar-refractivity contribution >= 4 is 23.2 Å². The largest absolute Gasteiger partial charge is 0.313 e. The molecule has 116 valence electrons. The first-order chi connectivity index (χ1) is 10.6.